The maximum absolute atomic E-state index is 12.5. The van der Waals surface area contributed by atoms with Crippen molar-refractivity contribution in [3.8, 4) is 5.75 Å². The third-order valence-corrected chi connectivity index (χ3v) is 3.42. The Morgan fingerprint density at radius 1 is 1.55 bits per heavy atom. The largest absolute Gasteiger partial charge is 0.493 e. The molecule has 1 aliphatic rings. The van der Waals surface area contributed by atoms with E-state index in [9.17, 15) is 4.79 Å². The second kappa shape index (κ2) is 5.04. The summed E-state index contributed by atoms with van der Waals surface area (Å²) in [5.41, 5.74) is 0.721. The molecular formula is C12H16N6O2. The van der Waals surface area contributed by atoms with Crippen molar-refractivity contribution in [2.24, 2.45) is 0 Å². The molecule has 1 N–H and O–H groups in total. The molecule has 1 fully saturated rings. The van der Waals surface area contributed by atoms with Crippen LogP contribution in [0.25, 0.3) is 0 Å². The zero-order chi connectivity index (χ0) is 14.1. The van der Waals surface area contributed by atoms with Gasteiger partial charge in [0.05, 0.1) is 25.5 Å². The number of ketones is 1. The van der Waals surface area contributed by atoms with Crippen LogP contribution in [0.1, 0.15) is 29.1 Å². The van der Waals surface area contributed by atoms with Gasteiger partial charge in [0.1, 0.15) is 0 Å². The number of aromatic nitrogens is 5. The Kier molecular flexibility index (Phi) is 3.23. The van der Waals surface area contributed by atoms with Crippen molar-refractivity contribution in [2.45, 2.75) is 19.5 Å². The number of aryl methyl sites for hydroxylation is 1. The lowest BCUT2D eigenvalue weighted by Crippen LogP contribution is -2.43. The molecule has 0 radical (unpaired) electrons. The maximum atomic E-state index is 12.5. The summed E-state index contributed by atoms with van der Waals surface area (Å²) < 4.78 is 8.52. The van der Waals surface area contributed by atoms with Gasteiger partial charge in [-0.1, -0.05) is 5.21 Å². The number of hydrogen-bond acceptors (Lipinski definition) is 6. The van der Waals surface area contributed by atoms with Crippen LogP contribution in [0.5, 0.6) is 5.75 Å². The molecule has 1 aliphatic heterocycles. The van der Waals surface area contributed by atoms with Gasteiger partial charge in [-0.3, -0.25) is 9.48 Å². The number of ether oxygens (including phenoxy) is 1. The molecule has 106 valence electrons. The van der Waals surface area contributed by atoms with Crippen LogP contribution in [-0.4, -0.2) is 50.8 Å². The van der Waals surface area contributed by atoms with Crippen LogP contribution in [0.3, 0.4) is 0 Å². The lowest BCUT2D eigenvalue weighted by atomic mass is 10.2. The normalized spacial score (nSPS) is 15.1. The van der Waals surface area contributed by atoms with Crippen molar-refractivity contribution in [2.75, 3.05) is 20.2 Å². The summed E-state index contributed by atoms with van der Waals surface area (Å²) in [4.78, 5) is 12.5. The van der Waals surface area contributed by atoms with E-state index in [1.807, 2.05) is 6.92 Å². The highest BCUT2D eigenvalue weighted by Gasteiger charge is 2.25. The van der Waals surface area contributed by atoms with Gasteiger partial charge in [-0.25, -0.2) is 4.68 Å². The molecule has 8 heteroatoms. The van der Waals surface area contributed by atoms with E-state index in [-0.39, 0.29) is 11.8 Å². The summed E-state index contributed by atoms with van der Waals surface area (Å²) in [6, 6.07) is 0.280. The molecule has 0 unspecified atom stereocenters. The first-order valence-corrected chi connectivity index (χ1v) is 6.51. The van der Waals surface area contributed by atoms with Gasteiger partial charge in [-0.2, -0.15) is 5.10 Å². The van der Waals surface area contributed by atoms with Gasteiger partial charge < -0.3 is 10.1 Å². The first-order valence-electron chi connectivity index (χ1n) is 6.51. The molecule has 8 nitrogen and oxygen atoms in total. The highest BCUT2D eigenvalue weighted by molar-refractivity contribution is 6.08. The predicted octanol–water partition coefficient (Wildman–Crippen LogP) is -0.122. The van der Waals surface area contributed by atoms with Gasteiger partial charge in [0.25, 0.3) is 0 Å². The number of nitrogens with zero attached hydrogens (tertiary/aromatic N) is 5. The smallest absolute Gasteiger partial charge is 0.236 e. The van der Waals surface area contributed by atoms with Gasteiger partial charge in [0, 0.05) is 19.6 Å². The summed E-state index contributed by atoms with van der Waals surface area (Å²) in [6.45, 7) is 4.21. The first kappa shape index (κ1) is 12.8. The van der Waals surface area contributed by atoms with E-state index in [2.05, 4.69) is 20.7 Å². The van der Waals surface area contributed by atoms with E-state index in [1.165, 1.54) is 13.3 Å². The van der Waals surface area contributed by atoms with Crippen molar-refractivity contribution in [3.63, 3.8) is 0 Å². The Morgan fingerprint density at radius 2 is 2.35 bits per heavy atom. The Morgan fingerprint density at radius 3 is 2.95 bits per heavy atom. The van der Waals surface area contributed by atoms with Crippen LogP contribution >= 0.6 is 0 Å². The fourth-order valence-corrected chi connectivity index (χ4v) is 2.13. The maximum Gasteiger partial charge on any atom is 0.236 e. The Hall–Kier alpha value is -2.22. The standard InChI is InChI=1S/C12H16N6O2/c1-3-17-11(10(20-2)6-14-17)12(19)9-7-18(16-15-9)8-4-13-5-8/h6-8,13H,3-5H2,1-2H3. The molecule has 0 amide bonds. The number of rotatable bonds is 5. The van der Waals surface area contributed by atoms with Crippen LogP contribution < -0.4 is 10.1 Å². The topological polar surface area (TPSA) is 86.9 Å². The zero-order valence-corrected chi connectivity index (χ0v) is 11.4. The number of nitrogens with one attached hydrogen (secondary N) is 1. The lowest BCUT2D eigenvalue weighted by Gasteiger charge is -2.26. The lowest BCUT2D eigenvalue weighted by molar-refractivity contribution is 0.102. The Balaban J connectivity index is 1.91. The van der Waals surface area contributed by atoms with Crippen LogP contribution in [0, 0.1) is 0 Å². The van der Waals surface area contributed by atoms with E-state index in [0.717, 1.165) is 13.1 Å². The van der Waals surface area contributed by atoms with E-state index < -0.39 is 0 Å². The molecule has 3 heterocycles. The van der Waals surface area contributed by atoms with Gasteiger partial charge >= 0.3 is 0 Å². The van der Waals surface area contributed by atoms with E-state index in [4.69, 9.17) is 4.74 Å². The van der Waals surface area contributed by atoms with Gasteiger partial charge in [-0.15, -0.1) is 5.10 Å². The minimum absolute atomic E-state index is 0.222. The molecule has 0 aromatic carbocycles. The molecule has 1 saturated heterocycles. The molecular weight excluding hydrogens is 260 g/mol. The number of carbonyl (C=O) groups excluding carboxylic acids is 1. The molecule has 2 aromatic rings. The van der Waals surface area contributed by atoms with Gasteiger partial charge in [-0.05, 0) is 6.92 Å². The molecule has 20 heavy (non-hydrogen) atoms. The quantitative estimate of drug-likeness (QED) is 0.766. The van der Waals surface area contributed by atoms with Crippen LogP contribution in [0.15, 0.2) is 12.4 Å². The second-order valence-corrected chi connectivity index (χ2v) is 4.60. The van der Waals surface area contributed by atoms with Crippen LogP contribution in [0.2, 0.25) is 0 Å². The fourth-order valence-electron chi connectivity index (χ4n) is 2.13. The van der Waals surface area contributed by atoms with Gasteiger partial charge in [0.15, 0.2) is 17.1 Å². The predicted molar refractivity (Wildman–Crippen MR) is 69.8 cm³/mol. The minimum Gasteiger partial charge on any atom is -0.493 e. The molecule has 0 saturated carbocycles. The third kappa shape index (κ3) is 1.97. The van der Waals surface area contributed by atoms with Crippen LogP contribution in [-0.2, 0) is 6.54 Å². The van der Waals surface area contributed by atoms with Crippen molar-refractivity contribution >= 4 is 5.78 Å². The van der Waals surface area contributed by atoms with Crippen molar-refractivity contribution in [1.82, 2.24) is 30.1 Å². The highest BCUT2D eigenvalue weighted by Crippen LogP contribution is 2.21. The summed E-state index contributed by atoms with van der Waals surface area (Å²) in [5.74, 6) is 0.233. The Bertz CT molecular complexity index is 606. The number of carbonyl (C=O) groups is 1. The molecule has 0 atom stereocenters. The summed E-state index contributed by atoms with van der Waals surface area (Å²) >= 11 is 0. The third-order valence-electron chi connectivity index (χ3n) is 3.42. The minimum atomic E-state index is -0.222. The number of methoxy groups -OCH3 is 1. The van der Waals surface area contributed by atoms with E-state index in [0.29, 0.717) is 23.7 Å². The molecule has 0 bridgehead atoms. The van der Waals surface area contributed by atoms with E-state index >= 15 is 0 Å². The van der Waals surface area contributed by atoms with Crippen LogP contribution in [0.4, 0.5) is 0 Å². The SMILES string of the molecule is CCn1ncc(OC)c1C(=O)c1cn(C2CNC2)nn1. The first-order chi connectivity index (χ1) is 9.74. The average molecular weight is 276 g/mol. The van der Waals surface area contributed by atoms with Crippen molar-refractivity contribution in [3.05, 3.63) is 23.8 Å². The monoisotopic (exact) mass is 276 g/mol. The van der Waals surface area contributed by atoms with Gasteiger partial charge in [0.2, 0.25) is 5.78 Å². The molecule has 3 rings (SSSR count). The second-order valence-electron chi connectivity index (χ2n) is 4.60. The average Bonchev–Trinajstić information content (AvgIpc) is 3.01. The van der Waals surface area contributed by atoms with E-state index in [1.54, 1.807) is 15.6 Å². The summed E-state index contributed by atoms with van der Waals surface area (Å²) in [7, 11) is 1.52. The molecule has 0 spiro atoms. The summed E-state index contributed by atoms with van der Waals surface area (Å²) in [5, 5.41) is 15.3. The Labute approximate surface area is 115 Å². The highest BCUT2D eigenvalue weighted by atomic mass is 16.5. The fraction of sp³-hybridized carbons (Fsp3) is 0.500. The number of hydrogen-bond donors (Lipinski definition) is 1. The summed E-state index contributed by atoms with van der Waals surface area (Å²) in [6.07, 6.45) is 3.22. The van der Waals surface area contributed by atoms with Crippen molar-refractivity contribution in [1.29, 1.82) is 0 Å². The molecule has 2 aromatic heterocycles. The molecule has 0 aliphatic carbocycles. The van der Waals surface area contributed by atoms with Crippen molar-refractivity contribution < 1.29 is 9.53 Å². The zero-order valence-electron chi connectivity index (χ0n) is 11.4.